The van der Waals surface area contributed by atoms with Gasteiger partial charge in [-0.15, -0.1) is 0 Å². The molecule has 1 saturated heterocycles. The molecule has 9 heteroatoms. The molecular weight excluding hydrogens is 352 g/mol. The summed E-state index contributed by atoms with van der Waals surface area (Å²) < 4.78 is 10.1. The van der Waals surface area contributed by atoms with E-state index in [4.69, 9.17) is 9.26 Å². The molecule has 2 unspecified atom stereocenters. The summed E-state index contributed by atoms with van der Waals surface area (Å²) in [6.45, 7) is -0.608. The van der Waals surface area contributed by atoms with E-state index in [2.05, 4.69) is 15.1 Å². The summed E-state index contributed by atoms with van der Waals surface area (Å²) >= 11 is 0. The van der Waals surface area contributed by atoms with Gasteiger partial charge in [0.1, 0.15) is 6.54 Å². The molecule has 1 aliphatic heterocycles. The monoisotopic (exact) mass is 370 g/mol. The smallest absolute Gasteiger partial charge is 0.326 e. The number of rotatable bonds is 5. The number of hydrogen-bond donors (Lipinski definition) is 0. The molecule has 1 saturated carbocycles. The average molecular weight is 370 g/mol. The molecule has 2 aromatic rings. The van der Waals surface area contributed by atoms with Crippen LogP contribution in [0.25, 0.3) is 11.4 Å². The van der Waals surface area contributed by atoms with Crippen LogP contribution >= 0.6 is 0 Å². The number of nitrogens with zero attached hydrogens (tertiary/aromatic N) is 4. The first kappa shape index (κ1) is 17.3. The third-order valence-electron chi connectivity index (χ3n) is 4.96. The van der Waals surface area contributed by atoms with Crippen LogP contribution in [0.15, 0.2) is 29.0 Å². The Bertz CT molecular complexity index is 842. The Balaban J connectivity index is 1.33. The largest absolute Gasteiger partial charge is 0.454 e. The van der Waals surface area contributed by atoms with Crippen molar-refractivity contribution in [2.24, 2.45) is 11.8 Å². The van der Waals surface area contributed by atoms with Crippen molar-refractivity contribution in [3.8, 4) is 11.4 Å². The predicted octanol–water partition coefficient (Wildman–Crippen LogP) is 1.35. The van der Waals surface area contributed by atoms with E-state index in [1.54, 1.807) is 24.5 Å². The third-order valence-corrected chi connectivity index (χ3v) is 4.96. The number of imide groups is 1. The summed E-state index contributed by atoms with van der Waals surface area (Å²) in [5, 5.41) is 3.80. The molecule has 9 nitrogen and oxygen atoms in total. The van der Waals surface area contributed by atoms with Gasteiger partial charge in [0.2, 0.25) is 17.6 Å². The highest BCUT2D eigenvalue weighted by Gasteiger charge is 2.48. The number of amides is 2. The molecule has 140 valence electrons. The van der Waals surface area contributed by atoms with Crippen LogP contribution in [0.5, 0.6) is 0 Å². The zero-order chi connectivity index (χ0) is 18.8. The fraction of sp³-hybridized carbons (Fsp3) is 0.444. The van der Waals surface area contributed by atoms with Gasteiger partial charge in [0.15, 0.2) is 6.61 Å². The van der Waals surface area contributed by atoms with Crippen molar-refractivity contribution in [2.45, 2.75) is 32.3 Å². The Kier molecular flexibility index (Phi) is 4.66. The summed E-state index contributed by atoms with van der Waals surface area (Å²) in [5.74, 6) is -1.32. The van der Waals surface area contributed by atoms with Gasteiger partial charge in [-0.3, -0.25) is 24.3 Å². The van der Waals surface area contributed by atoms with Crippen molar-refractivity contribution in [3.05, 3.63) is 30.4 Å². The van der Waals surface area contributed by atoms with Gasteiger partial charge in [-0.1, -0.05) is 18.0 Å². The normalized spacial score (nSPS) is 22.0. The molecular formula is C18H18N4O5. The van der Waals surface area contributed by atoms with Gasteiger partial charge in [-0.25, -0.2) is 0 Å². The van der Waals surface area contributed by atoms with E-state index in [-0.39, 0.29) is 42.7 Å². The third kappa shape index (κ3) is 3.44. The summed E-state index contributed by atoms with van der Waals surface area (Å²) in [4.78, 5) is 45.9. The number of pyridine rings is 1. The molecule has 2 aliphatic rings. The van der Waals surface area contributed by atoms with Crippen molar-refractivity contribution in [2.75, 3.05) is 6.54 Å². The molecule has 0 N–H and O–H groups in total. The molecule has 2 amide bonds. The summed E-state index contributed by atoms with van der Waals surface area (Å²) in [6.07, 6.45) is 6.51. The van der Waals surface area contributed by atoms with Crippen LogP contribution in [0.1, 0.15) is 31.6 Å². The lowest BCUT2D eigenvalue weighted by Crippen LogP contribution is -2.36. The van der Waals surface area contributed by atoms with Crippen molar-refractivity contribution < 1.29 is 23.6 Å². The summed E-state index contributed by atoms with van der Waals surface area (Å²) in [5.41, 5.74) is 0.676. The SMILES string of the molecule is O=C(CN1C(=O)C2CCCCC2C1=O)OCc1nc(-c2cccnc2)no1. The number of likely N-dealkylation sites (tertiary alicyclic amines) is 1. The Morgan fingerprint density at radius 1 is 1.22 bits per heavy atom. The Hall–Kier alpha value is -3.10. The molecule has 0 radical (unpaired) electrons. The maximum atomic E-state index is 12.4. The lowest BCUT2D eigenvalue weighted by atomic mass is 9.81. The van der Waals surface area contributed by atoms with E-state index in [1.165, 1.54) is 0 Å². The predicted molar refractivity (Wildman–Crippen MR) is 89.5 cm³/mol. The molecule has 2 fully saturated rings. The lowest BCUT2D eigenvalue weighted by molar-refractivity contribution is -0.154. The van der Waals surface area contributed by atoms with Crippen molar-refractivity contribution in [1.29, 1.82) is 0 Å². The van der Waals surface area contributed by atoms with Crippen LogP contribution in [0.4, 0.5) is 0 Å². The summed E-state index contributed by atoms with van der Waals surface area (Å²) in [6, 6.07) is 3.52. The van der Waals surface area contributed by atoms with Gasteiger partial charge in [0, 0.05) is 18.0 Å². The molecule has 3 heterocycles. The molecule has 2 aromatic heterocycles. The van der Waals surface area contributed by atoms with Crippen LogP contribution < -0.4 is 0 Å². The zero-order valence-electron chi connectivity index (χ0n) is 14.5. The minimum absolute atomic E-state index is 0.120. The number of fused-ring (bicyclic) bond motifs is 1. The number of carbonyl (C=O) groups is 3. The molecule has 2 atom stereocenters. The van der Waals surface area contributed by atoms with Crippen LogP contribution in [-0.4, -0.2) is 44.4 Å². The Morgan fingerprint density at radius 2 is 1.96 bits per heavy atom. The Labute approximate surface area is 154 Å². The molecule has 27 heavy (non-hydrogen) atoms. The number of esters is 1. The van der Waals surface area contributed by atoms with Crippen LogP contribution in [0.2, 0.25) is 0 Å². The zero-order valence-corrected chi connectivity index (χ0v) is 14.5. The first-order valence-corrected chi connectivity index (χ1v) is 8.87. The topological polar surface area (TPSA) is 115 Å². The summed E-state index contributed by atoms with van der Waals surface area (Å²) in [7, 11) is 0. The van der Waals surface area contributed by atoms with E-state index in [0.717, 1.165) is 17.7 Å². The van der Waals surface area contributed by atoms with Crippen molar-refractivity contribution >= 4 is 17.8 Å². The average Bonchev–Trinajstić information content (AvgIpc) is 3.27. The van der Waals surface area contributed by atoms with E-state index >= 15 is 0 Å². The Morgan fingerprint density at radius 3 is 2.63 bits per heavy atom. The first-order valence-electron chi connectivity index (χ1n) is 8.87. The van der Waals surface area contributed by atoms with Gasteiger partial charge in [0.25, 0.3) is 5.89 Å². The van der Waals surface area contributed by atoms with E-state index in [0.29, 0.717) is 24.2 Å². The van der Waals surface area contributed by atoms with E-state index in [1.807, 2.05) is 0 Å². The van der Waals surface area contributed by atoms with Gasteiger partial charge in [-0.05, 0) is 25.0 Å². The minimum Gasteiger partial charge on any atom is -0.454 e. The van der Waals surface area contributed by atoms with Crippen molar-refractivity contribution in [1.82, 2.24) is 20.0 Å². The highest BCUT2D eigenvalue weighted by molar-refractivity contribution is 6.07. The number of hydrogen-bond acceptors (Lipinski definition) is 8. The molecule has 4 rings (SSSR count). The number of ether oxygens (including phenoxy) is 1. The van der Waals surface area contributed by atoms with Gasteiger partial charge < -0.3 is 9.26 Å². The van der Waals surface area contributed by atoms with Gasteiger partial charge >= 0.3 is 5.97 Å². The van der Waals surface area contributed by atoms with E-state index in [9.17, 15) is 14.4 Å². The second kappa shape index (κ2) is 7.26. The molecule has 0 spiro atoms. The standard InChI is InChI=1S/C18H18N4O5/c23-15(9-22-17(24)12-5-1-2-6-13(12)18(22)25)26-10-14-20-16(21-27-14)11-4-3-7-19-8-11/h3-4,7-8,12-13H,1-2,5-6,9-10H2. The number of carbonyl (C=O) groups excluding carboxylic acids is 3. The molecule has 1 aliphatic carbocycles. The minimum atomic E-state index is -0.684. The van der Waals surface area contributed by atoms with Gasteiger partial charge in [0.05, 0.1) is 11.8 Å². The maximum absolute atomic E-state index is 12.4. The fourth-order valence-corrected chi connectivity index (χ4v) is 3.63. The van der Waals surface area contributed by atoms with E-state index < -0.39 is 5.97 Å². The molecule has 0 bridgehead atoms. The van der Waals surface area contributed by atoms with Crippen LogP contribution in [0, 0.1) is 11.8 Å². The molecule has 0 aromatic carbocycles. The maximum Gasteiger partial charge on any atom is 0.326 e. The quantitative estimate of drug-likeness (QED) is 0.572. The van der Waals surface area contributed by atoms with Crippen LogP contribution in [0.3, 0.4) is 0 Å². The number of aromatic nitrogens is 3. The van der Waals surface area contributed by atoms with Crippen LogP contribution in [-0.2, 0) is 25.7 Å². The van der Waals surface area contributed by atoms with Gasteiger partial charge in [-0.2, -0.15) is 4.98 Å². The highest BCUT2D eigenvalue weighted by Crippen LogP contribution is 2.37. The highest BCUT2D eigenvalue weighted by atomic mass is 16.6. The second-order valence-corrected chi connectivity index (χ2v) is 6.67. The fourth-order valence-electron chi connectivity index (χ4n) is 3.63. The lowest BCUT2D eigenvalue weighted by Gasteiger charge is -2.19. The second-order valence-electron chi connectivity index (χ2n) is 6.67. The van der Waals surface area contributed by atoms with Crippen molar-refractivity contribution in [3.63, 3.8) is 0 Å². The first-order chi connectivity index (χ1) is 13.1.